The Bertz CT molecular complexity index is 804. The van der Waals surface area contributed by atoms with E-state index in [1.165, 1.54) is 6.20 Å². The molecule has 2 heterocycles. The normalized spacial score (nSPS) is 11.4. The minimum absolute atomic E-state index is 0.289. The molecule has 0 atom stereocenters. The average molecular weight is 301 g/mol. The third-order valence-electron chi connectivity index (χ3n) is 3.19. The van der Waals surface area contributed by atoms with E-state index in [0.29, 0.717) is 5.39 Å². The number of aromatic carboxylic acids is 1. The van der Waals surface area contributed by atoms with Crippen LogP contribution in [-0.4, -0.2) is 40.0 Å². The predicted molar refractivity (Wildman–Crippen MR) is 83.8 cm³/mol. The molecular formula is C15H15N3O2S. The number of fused-ring (bicyclic) bond motifs is 1. The number of carbonyl (C=O) groups is 1. The number of carboxylic acids is 1. The first kappa shape index (κ1) is 13.8. The molecule has 0 unspecified atom stereocenters. The van der Waals surface area contributed by atoms with E-state index in [2.05, 4.69) is 14.9 Å². The first-order valence-corrected chi connectivity index (χ1v) is 7.36. The highest BCUT2D eigenvalue weighted by molar-refractivity contribution is 7.13. The Kier molecular flexibility index (Phi) is 3.48. The maximum absolute atomic E-state index is 11.2. The van der Waals surface area contributed by atoms with Crippen LogP contribution < -0.4 is 0 Å². The molecule has 0 aliphatic rings. The number of hydrogen-bond acceptors (Lipinski definition) is 4. The maximum atomic E-state index is 11.2. The summed E-state index contributed by atoms with van der Waals surface area (Å²) in [6, 6.07) is 5.74. The predicted octanol–water partition coefficient (Wildman–Crippen LogP) is 3.05. The molecule has 5 nitrogen and oxygen atoms in total. The summed E-state index contributed by atoms with van der Waals surface area (Å²) < 4.78 is 0. The third kappa shape index (κ3) is 2.68. The van der Waals surface area contributed by atoms with Crippen molar-refractivity contribution in [2.45, 2.75) is 6.54 Å². The van der Waals surface area contributed by atoms with Gasteiger partial charge in [0.15, 0.2) is 0 Å². The fourth-order valence-corrected chi connectivity index (χ4v) is 3.07. The van der Waals surface area contributed by atoms with Gasteiger partial charge in [-0.25, -0.2) is 9.78 Å². The molecule has 1 aromatic carbocycles. The summed E-state index contributed by atoms with van der Waals surface area (Å²) in [7, 11) is 4.01. The van der Waals surface area contributed by atoms with E-state index in [4.69, 9.17) is 0 Å². The van der Waals surface area contributed by atoms with Crippen molar-refractivity contribution in [3.8, 4) is 10.6 Å². The molecule has 21 heavy (non-hydrogen) atoms. The number of aromatic nitrogens is 2. The monoisotopic (exact) mass is 301 g/mol. The van der Waals surface area contributed by atoms with Gasteiger partial charge >= 0.3 is 5.97 Å². The second-order valence-corrected chi connectivity index (χ2v) is 6.01. The zero-order valence-corrected chi connectivity index (χ0v) is 12.6. The van der Waals surface area contributed by atoms with Crippen molar-refractivity contribution in [2.75, 3.05) is 14.1 Å². The van der Waals surface area contributed by atoms with Crippen LogP contribution in [0.1, 0.15) is 16.1 Å². The molecule has 108 valence electrons. The molecule has 2 aromatic heterocycles. The van der Waals surface area contributed by atoms with E-state index in [0.717, 1.165) is 28.3 Å². The Balaban J connectivity index is 2.02. The second kappa shape index (κ2) is 5.31. The lowest BCUT2D eigenvalue weighted by Crippen LogP contribution is -2.10. The third-order valence-corrected chi connectivity index (χ3v) is 4.13. The molecule has 0 radical (unpaired) electrons. The van der Waals surface area contributed by atoms with Gasteiger partial charge in [-0.1, -0.05) is 0 Å². The SMILES string of the molecule is CN(C)Cc1csc(-c2ccc3[nH]cc(C(=O)O)c3c2)n1. The number of hydrogen-bond donors (Lipinski definition) is 2. The first-order chi connectivity index (χ1) is 10.0. The quantitative estimate of drug-likeness (QED) is 0.777. The highest BCUT2D eigenvalue weighted by atomic mass is 32.1. The largest absolute Gasteiger partial charge is 0.478 e. The standard InChI is InChI=1S/C15H15N3O2S/c1-18(2)7-10-8-21-14(17-10)9-3-4-13-11(5-9)12(6-16-13)15(19)20/h3-6,8,16H,7H2,1-2H3,(H,19,20). The summed E-state index contributed by atoms with van der Waals surface area (Å²) in [5, 5.41) is 12.9. The van der Waals surface area contributed by atoms with Gasteiger partial charge in [-0.2, -0.15) is 0 Å². The lowest BCUT2D eigenvalue weighted by atomic mass is 10.1. The van der Waals surface area contributed by atoms with Crippen LogP contribution in [0.4, 0.5) is 0 Å². The minimum Gasteiger partial charge on any atom is -0.478 e. The van der Waals surface area contributed by atoms with E-state index in [1.54, 1.807) is 11.3 Å². The highest BCUT2D eigenvalue weighted by Gasteiger charge is 2.12. The molecule has 0 aliphatic carbocycles. The van der Waals surface area contributed by atoms with Crippen molar-refractivity contribution >= 4 is 28.2 Å². The fourth-order valence-electron chi connectivity index (χ4n) is 2.27. The van der Waals surface area contributed by atoms with Gasteiger partial charge in [0.25, 0.3) is 0 Å². The van der Waals surface area contributed by atoms with Crippen LogP contribution in [0.25, 0.3) is 21.5 Å². The van der Waals surface area contributed by atoms with E-state index in [-0.39, 0.29) is 5.56 Å². The van der Waals surface area contributed by atoms with Gasteiger partial charge in [0, 0.05) is 34.6 Å². The Labute approximate surface area is 125 Å². The number of carboxylic acid groups (broad SMARTS) is 1. The zero-order chi connectivity index (χ0) is 15.0. The van der Waals surface area contributed by atoms with Crippen LogP contribution in [0.5, 0.6) is 0 Å². The molecule has 0 saturated carbocycles. The van der Waals surface area contributed by atoms with Gasteiger partial charge in [-0.15, -0.1) is 11.3 Å². The lowest BCUT2D eigenvalue weighted by Gasteiger charge is -2.05. The van der Waals surface area contributed by atoms with Crippen LogP contribution in [0, 0.1) is 0 Å². The molecule has 0 fully saturated rings. The van der Waals surface area contributed by atoms with Crippen molar-refractivity contribution in [1.82, 2.24) is 14.9 Å². The molecule has 0 saturated heterocycles. The Morgan fingerprint density at radius 1 is 1.43 bits per heavy atom. The number of nitrogens with zero attached hydrogens (tertiary/aromatic N) is 2. The zero-order valence-electron chi connectivity index (χ0n) is 11.8. The number of thiazole rings is 1. The van der Waals surface area contributed by atoms with Crippen molar-refractivity contribution in [3.05, 3.63) is 41.0 Å². The highest BCUT2D eigenvalue weighted by Crippen LogP contribution is 2.28. The number of benzene rings is 1. The van der Waals surface area contributed by atoms with E-state index >= 15 is 0 Å². The first-order valence-electron chi connectivity index (χ1n) is 6.48. The minimum atomic E-state index is -0.925. The second-order valence-electron chi connectivity index (χ2n) is 5.15. The van der Waals surface area contributed by atoms with Crippen LogP contribution in [0.2, 0.25) is 0 Å². The van der Waals surface area contributed by atoms with Gasteiger partial charge in [0.05, 0.1) is 11.3 Å². The number of rotatable bonds is 4. The molecule has 0 aliphatic heterocycles. The van der Waals surface area contributed by atoms with E-state index in [9.17, 15) is 9.90 Å². The summed E-state index contributed by atoms with van der Waals surface area (Å²) in [4.78, 5) is 20.9. The molecule has 2 N–H and O–H groups in total. The maximum Gasteiger partial charge on any atom is 0.337 e. The van der Waals surface area contributed by atoms with Crippen molar-refractivity contribution in [2.24, 2.45) is 0 Å². The van der Waals surface area contributed by atoms with E-state index < -0.39 is 5.97 Å². The molecule has 6 heteroatoms. The van der Waals surface area contributed by atoms with Gasteiger partial charge in [0.2, 0.25) is 0 Å². The van der Waals surface area contributed by atoms with Crippen molar-refractivity contribution < 1.29 is 9.90 Å². The molecule has 3 aromatic rings. The van der Waals surface area contributed by atoms with Crippen molar-refractivity contribution in [1.29, 1.82) is 0 Å². The van der Waals surface area contributed by atoms with Gasteiger partial charge < -0.3 is 15.0 Å². The van der Waals surface area contributed by atoms with Crippen LogP contribution >= 0.6 is 11.3 Å². The number of H-pyrrole nitrogens is 1. The molecule has 3 rings (SSSR count). The van der Waals surface area contributed by atoms with Crippen LogP contribution in [0.15, 0.2) is 29.8 Å². The summed E-state index contributed by atoms with van der Waals surface area (Å²) in [6.45, 7) is 0.795. The van der Waals surface area contributed by atoms with Gasteiger partial charge in [-0.3, -0.25) is 0 Å². The van der Waals surface area contributed by atoms with Gasteiger partial charge in [-0.05, 0) is 32.3 Å². The fraction of sp³-hybridized carbons (Fsp3) is 0.200. The average Bonchev–Trinajstić information content (AvgIpc) is 3.03. The molecule has 0 bridgehead atoms. The Morgan fingerprint density at radius 2 is 2.24 bits per heavy atom. The lowest BCUT2D eigenvalue weighted by molar-refractivity contribution is 0.0699. The van der Waals surface area contributed by atoms with Crippen LogP contribution in [0.3, 0.4) is 0 Å². The smallest absolute Gasteiger partial charge is 0.337 e. The summed E-state index contributed by atoms with van der Waals surface area (Å²) in [6.07, 6.45) is 1.52. The van der Waals surface area contributed by atoms with Gasteiger partial charge in [0.1, 0.15) is 5.01 Å². The Morgan fingerprint density at radius 3 is 2.95 bits per heavy atom. The number of nitrogens with one attached hydrogen (secondary N) is 1. The Hall–Kier alpha value is -2.18. The molecular weight excluding hydrogens is 286 g/mol. The molecule has 0 amide bonds. The van der Waals surface area contributed by atoms with E-state index in [1.807, 2.05) is 37.7 Å². The van der Waals surface area contributed by atoms with Crippen LogP contribution in [-0.2, 0) is 6.54 Å². The van der Waals surface area contributed by atoms with Crippen molar-refractivity contribution in [3.63, 3.8) is 0 Å². The summed E-state index contributed by atoms with van der Waals surface area (Å²) >= 11 is 1.57. The topological polar surface area (TPSA) is 69.2 Å². The summed E-state index contributed by atoms with van der Waals surface area (Å²) in [5.74, 6) is -0.925. The summed E-state index contributed by atoms with van der Waals surface area (Å²) in [5.41, 5.74) is 3.07. The molecule has 0 spiro atoms. The number of aromatic amines is 1.